The summed E-state index contributed by atoms with van der Waals surface area (Å²) in [7, 11) is -1.84. The average molecular weight is 415 g/mol. The van der Waals surface area contributed by atoms with Crippen molar-refractivity contribution < 1.29 is 13.2 Å². The molecule has 1 fully saturated rings. The van der Waals surface area contributed by atoms with Crippen LogP contribution in [0, 0.1) is 13.8 Å². The average Bonchev–Trinajstić information content (AvgIpc) is 2.99. The van der Waals surface area contributed by atoms with Gasteiger partial charge in [0.25, 0.3) is 5.91 Å². The minimum atomic E-state index is -3.58. The predicted molar refractivity (Wildman–Crippen MR) is 115 cm³/mol. The lowest BCUT2D eigenvalue weighted by atomic mass is 10.1. The molecule has 0 aromatic heterocycles. The molecule has 0 atom stereocenters. The minimum absolute atomic E-state index is 0.170. The summed E-state index contributed by atoms with van der Waals surface area (Å²) in [6.07, 6.45) is 3.90. The molecule has 1 amide bonds. The van der Waals surface area contributed by atoms with Gasteiger partial charge < -0.3 is 4.90 Å². The third kappa shape index (κ3) is 5.06. The highest BCUT2D eigenvalue weighted by Gasteiger charge is 2.27. The zero-order valence-corrected chi connectivity index (χ0v) is 18.3. The highest BCUT2D eigenvalue weighted by molar-refractivity contribution is 7.89. The number of carbonyl (C=O) groups excluding carboxylic acids is 1. The van der Waals surface area contributed by atoms with Crippen LogP contribution in [0.25, 0.3) is 0 Å². The third-order valence-corrected chi connectivity index (χ3v) is 7.42. The van der Waals surface area contributed by atoms with Gasteiger partial charge in [0.15, 0.2) is 0 Å². The Morgan fingerprint density at radius 2 is 1.59 bits per heavy atom. The van der Waals surface area contributed by atoms with Crippen molar-refractivity contribution in [3.63, 3.8) is 0 Å². The Bertz CT molecular complexity index is 960. The Balaban J connectivity index is 1.84. The van der Waals surface area contributed by atoms with E-state index in [1.54, 1.807) is 34.5 Å². The molecule has 1 saturated heterocycles. The monoisotopic (exact) mass is 414 g/mol. The highest BCUT2D eigenvalue weighted by atomic mass is 32.2. The molecule has 1 aliphatic heterocycles. The largest absolute Gasteiger partial charge is 0.337 e. The zero-order valence-electron chi connectivity index (χ0n) is 17.5. The Morgan fingerprint density at radius 1 is 0.966 bits per heavy atom. The van der Waals surface area contributed by atoms with E-state index in [1.165, 1.54) is 5.56 Å². The van der Waals surface area contributed by atoms with E-state index in [0.717, 1.165) is 36.8 Å². The number of hydrogen-bond acceptors (Lipinski definition) is 3. The summed E-state index contributed by atoms with van der Waals surface area (Å²) >= 11 is 0. The fourth-order valence-corrected chi connectivity index (χ4v) is 5.21. The van der Waals surface area contributed by atoms with Crippen LogP contribution < -0.4 is 0 Å². The molecular weight excluding hydrogens is 384 g/mol. The summed E-state index contributed by atoms with van der Waals surface area (Å²) in [6.45, 7) is 5.44. The molecule has 29 heavy (non-hydrogen) atoms. The van der Waals surface area contributed by atoms with Gasteiger partial charge in [-0.3, -0.25) is 4.79 Å². The van der Waals surface area contributed by atoms with Crippen molar-refractivity contribution in [2.45, 2.75) is 51.0 Å². The Hall–Kier alpha value is -2.18. The number of carbonyl (C=O) groups is 1. The van der Waals surface area contributed by atoms with Crippen LogP contribution in [0.5, 0.6) is 0 Å². The summed E-state index contributed by atoms with van der Waals surface area (Å²) in [4.78, 5) is 14.9. The number of rotatable bonds is 5. The van der Waals surface area contributed by atoms with Crippen LogP contribution in [0.2, 0.25) is 0 Å². The van der Waals surface area contributed by atoms with Gasteiger partial charge >= 0.3 is 0 Å². The lowest BCUT2D eigenvalue weighted by Gasteiger charge is -2.22. The smallest absolute Gasteiger partial charge is 0.254 e. The molecule has 0 radical (unpaired) electrons. The minimum Gasteiger partial charge on any atom is -0.337 e. The molecule has 0 spiro atoms. The first-order chi connectivity index (χ1) is 13.8. The van der Waals surface area contributed by atoms with Crippen molar-refractivity contribution in [1.82, 2.24) is 9.21 Å². The standard InChI is InChI=1S/C23H30N2O3S/c1-18-8-11-20(12-9-18)17-24(3)23(26)22-16-21(13-10-19(22)2)29(27,28)25-14-6-4-5-7-15-25/h8-13,16H,4-7,14-15,17H2,1-3H3. The van der Waals surface area contributed by atoms with Gasteiger partial charge in [0.1, 0.15) is 0 Å². The van der Waals surface area contributed by atoms with E-state index in [-0.39, 0.29) is 10.8 Å². The fraction of sp³-hybridized carbons (Fsp3) is 0.435. The molecule has 6 heteroatoms. The molecule has 0 bridgehead atoms. The van der Waals surface area contributed by atoms with Crippen LogP contribution >= 0.6 is 0 Å². The maximum Gasteiger partial charge on any atom is 0.254 e. The summed E-state index contributed by atoms with van der Waals surface area (Å²) in [5.41, 5.74) is 3.43. The van der Waals surface area contributed by atoms with Crippen LogP contribution in [0.4, 0.5) is 0 Å². The first kappa shape index (κ1) is 21.5. The summed E-state index contributed by atoms with van der Waals surface area (Å²) < 4.78 is 27.8. The second-order valence-electron chi connectivity index (χ2n) is 7.94. The molecule has 156 valence electrons. The van der Waals surface area contributed by atoms with Gasteiger partial charge in [-0.1, -0.05) is 48.7 Å². The molecule has 2 aromatic carbocycles. The number of aryl methyl sites for hydroxylation is 2. The highest BCUT2D eigenvalue weighted by Crippen LogP contribution is 2.23. The normalized spacial score (nSPS) is 15.7. The van der Waals surface area contributed by atoms with Crippen LogP contribution in [0.3, 0.4) is 0 Å². The van der Waals surface area contributed by atoms with Crippen molar-refractivity contribution in [3.8, 4) is 0 Å². The lowest BCUT2D eigenvalue weighted by molar-refractivity contribution is 0.0784. The molecule has 0 N–H and O–H groups in total. The third-order valence-electron chi connectivity index (χ3n) is 5.53. The predicted octanol–water partition coefficient (Wildman–Crippen LogP) is 4.14. The summed E-state index contributed by atoms with van der Waals surface area (Å²) in [5, 5.41) is 0. The number of amides is 1. The second-order valence-corrected chi connectivity index (χ2v) is 9.88. The van der Waals surface area contributed by atoms with E-state index in [9.17, 15) is 13.2 Å². The van der Waals surface area contributed by atoms with Gasteiger partial charge in [0.2, 0.25) is 10.0 Å². The van der Waals surface area contributed by atoms with Crippen molar-refractivity contribution in [3.05, 3.63) is 64.7 Å². The first-order valence-electron chi connectivity index (χ1n) is 10.2. The Morgan fingerprint density at radius 3 is 2.21 bits per heavy atom. The van der Waals surface area contributed by atoms with Gasteiger partial charge in [-0.15, -0.1) is 0 Å². The fourth-order valence-electron chi connectivity index (χ4n) is 3.67. The van der Waals surface area contributed by atoms with Gasteiger partial charge in [-0.25, -0.2) is 8.42 Å². The molecule has 2 aromatic rings. The van der Waals surface area contributed by atoms with Gasteiger partial charge in [0.05, 0.1) is 4.90 Å². The molecule has 1 heterocycles. The van der Waals surface area contributed by atoms with Crippen molar-refractivity contribution >= 4 is 15.9 Å². The van der Waals surface area contributed by atoms with Gasteiger partial charge in [-0.05, 0) is 49.9 Å². The van der Waals surface area contributed by atoms with Crippen LogP contribution in [-0.4, -0.2) is 43.7 Å². The van der Waals surface area contributed by atoms with Gasteiger partial charge in [0, 0.05) is 32.2 Å². The second kappa shape index (κ2) is 9.09. The van der Waals surface area contributed by atoms with E-state index in [0.29, 0.717) is 25.2 Å². The molecule has 1 aliphatic rings. The zero-order chi connectivity index (χ0) is 21.0. The molecular formula is C23H30N2O3S. The quantitative estimate of drug-likeness (QED) is 0.739. The van der Waals surface area contributed by atoms with Gasteiger partial charge in [-0.2, -0.15) is 4.31 Å². The lowest BCUT2D eigenvalue weighted by Crippen LogP contribution is -2.32. The van der Waals surface area contributed by atoms with E-state index in [1.807, 2.05) is 38.1 Å². The molecule has 0 aliphatic carbocycles. The number of benzene rings is 2. The molecule has 5 nitrogen and oxygen atoms in total. The molecule has 0 saturated carbocycles. The topological polar surface area (TPSA) is 57.7 Å². The Labute approximate surface area is 174 Å². The maximum absolute atomic E-state index is 13.1. The SMILES string of the molecule is Cc1ccc(CN(C)C(=O)c2cc(S(=O)(=O)N3CCCCCC3)ccc2C)cc1. The van der Waals surface area contributed by atoms with Crippen molar-refractivity contribution in [2.24, 2.45) is 0 Å². The van der Waals surface area contributed by atoms with Crippen LogP contribution in [0.1, 0.15) is 52.7 Å². The van der Waals surface area contributed by atoms with Crippen LogP contribution in [-0.2, 0) is 16.6 Å². The van der Waals surface area contributed by atoms with Crippen molar-refractivity contribution in [1.29, 1.82) is 0 Å². The Kier molecular flexibility index (Phi) is 6.75. The number of hydrogen-bond donors (Lipinski definition) is 0. The maximum atomic E-state index is 13.1. The summed E-state index contributed by atoms with van der Waals surface area (Å²) in [5.74, 6) is -0.170. The first-order valence-corrected chi connectivity index (χ1v) is 11.6. The van der Waals surface area contributed by atoms with E-state index < -0.39 is 10.0 Å². The molecule has 3 rings (SSSR count). The van der Waals surface area contributed by atoms with E-state index in [2.05, 4.69) is 0 Å². The van der Waals surface area contributed by atoms with Crippen LogP contribution in [0.15, 0.2) is 47.4 Å². The number of nitrogens with zero attached hydrogens (tertiary/aromatic N) is 2. The van der Waals surface area contributed by atoms with E-state index in [4.69, 9.17) is 0 Å². The summed E-state index contributed by atoms with van der Waals surface area (Å²) in [6, 6.07) is 13.0. The molecule has 0 unspecified atom stereocenters. The van der Waals surface area contributed by atoms with Crippen molar-refractivity contribution in [2.75, 3.05) is 20.1 Å². The number of sulfonamides is 1. The van der Waals surface area contributed by atoms with E-state index >= 15 is 0 Å².